The van der Waals surface area contributed by atoms with Gasteiger partial charge in [0.25, 0.3) is 5.91 Å². The quantitative estimate of drug-likeness (QED) is 0.304. The van der Waals surface area contributed by atoms with E-state index in [1.54, 1.807) is 0 Å². The molecule has 212 valence electrons. The van der Waals surface area contributed by atoms with Gasteiger partial charge < -0.3 is 25.7 Å². The number of benzene rings is 1. The van der Waals surface area contributed by atoms with Crippen LogP contribution in [0.1, 0.15) is 49.0 Å². The molecule has 0 aliphatic carbocycles. The fourth-order valence-corrected chi connectivity index (χ4v) is 3.18. The fourth-order valence-electron chi connectivity index (χ4n) is 3.18. The molecule has 0 saturated carbocycles. The molecule has 1 aromatic carbocycles. The fraction of sp³-hybridized carbons (Fsp3) is 0.609. The van der Waals surface area contributed by atoms with Gasteiger partial charge >= 0.3 is 24.3 Å². The topological polar surface area (TPSA) is 119 Å². The zero-order valence-electron chi connectivity index (χ0n) is 20.7. The molecule has 0 radical (unpaired) electrons. The summed E-state index contributed by atoms with van der Waals surface area (Å²) in [5, 5.41) is 20.8. The summed E-state index contributed by atoms with van der Waals surface area (Å²) in [5.74, 6) is -5.49. The van der Waals surface area contributed by atoms with Gasteiger partial charge in [0, 0.05) is 30.7 Å². The highest BCUT2D eigenvalue weighted by Gasteiger charge is 2.38. The average molecular weight is 546 g/mol. The van der Waals surface area contributed by atoms with Gasteiger partial charge in [-0.3, -0.25) is 4.79 Å². The number of carboxylic acids is 2. The molecule has 4 N–H and O–H groups in total. The Labute approximate surface area is 211 Å². The molecule has 0 bridgehead atoms. The first-order valence-corrected chi connectivity index (χ1v) is 11.4. The lowest BCUT2D eigenvalue weighted by Crippen LogP contribution is -2.47. The van der Waals surface area contributed by atoms with Gasteiger partial charge in [-0.25, -0.2) is 9.59 Å². The molecular formula is C23H33F6N3O5. The minimum Gasteiger partial charge on any atom is -0.475 e. The van der Waals surface area contributed by atoms with E-state index in [0.29, 0.717) is 18.6 Å². The van der Waals surface area contributed by atoms with Crippen molar-refractivity contribution < 1.29 is 50.9 Å². The summed E-state index contributed by atoms with van der Waals surface area (Å²) in [6, 6.07) is 9.00. The molecule has 2 rings (SSSR count). The third-order valence-electron chi connectivity index (χ3n) is 5.46. The minimum atomic E-state index is -5.08. The number of carboxylic acid groups (broad SMARTS) is 2. The van der Waals surface area contributed by atoms with Crippen molar-refractivity contribution in [3.8, 4) is 0 Å². The molecule has 1 unspecified atom stereocenters. The first-order valence-electron chi connectivity index (χ1n) is 11.4. The summed E-state index contributed by atoms with van der Waals surface area (Å²) in [7, 11) is 0. The van der Waals surface area contributed by atoms with Crippen molar-refractivity contribution in [2.45, 2.75) is 64.5 Å². The van der Waals surface area contributed by atoms with E-state index < -0.39 is 24.3 Å². The SMILES string of the molecule is CCC(C)N1CCC(NCCNC(=O)c2ccccc2C)CC1.O=C(O)C(F)(F)F.O=C(O)C(F)(F)F. The number of hydrogen-bond acceptors (Lipinski definition) is 5. The second-order valence-electron chi connectivity index (χ2n) is 8.20. The van der Waals surface area contributed by atoms with Crippen LogP contribution in [0.15, 0.2) is 24.3 Å². The van der Waals surface area contributed by atoms with E-state index in [9.17, 15) is 31.1 Å². The first kappa shape index (κ1) is 34.1. The Morgan fingerprint density at radius 1 is 0.973 bits per heavy atom. The summed E-state index contributed by atoms with van der Waals surface area (Å²) >= 11 is 0. The van der Waals surface area contributed by atoms with Crippen molar-refractivity contribution in [2.24, 2.45) is 0 Å². The number of nitrogens with zero attached hydrogens (tertiary/aromatic N) is 1. The molecule has 1 atom stereocenters. The minimum absolute atomic E-state index is 0.0245. The van der Waals surface area contributed by atoms with Crippen molar-refractivity contribution in [3.63, 3.8) is 0 Å². The molecular weight excluding hydrogens is 512 g/mol. The molecule has 1 aliphatic heterocycles. The number of aliphatic carboxylic acids is 2. The summed E-state index contributed by atoms with van der Waals surface area (Å²) < 4.78 is 63.5. The van der Waals surface area contributed by atoms with Crippen LogP contribution in [0.2, 0.25) is 0 Å². The highest BCUT2D eigenvalue weighted by atomic mass is 19.4. The van der Waals surface area contributed by atoms with Crippen molar-refractivity contribution in [1.29, 1.82) is 0 Å². The standard InChI is InChI=1S/C19H31N3O.2C2HF3O2/c1-4-16(3)22-13-9-17(10-14-22)20-11-12-21-19(23)18-8-6-5-7-15(18)2;2*3-2(4,5)1(6)7/h5-8,16-17,20H,4,9-14H2,1-3H3,(H,21,23);2*(H,6,7). The number of halogens is 6. The van der Waals surface area contributed by atoms with Gasteiger partial charge in [-0.1, -0.05) is 25.1 Å². The van der Waals surface area contributed by atoms with Gasteiger partial charge in [0.15, 0.2) is 0 Å². The number of likely N-dealkylation sites (tertiary alicyclic amines) is 1. The maximum Gasteiger partial charge on any atom is 0.490 e. The number of nitrogens with one attached hydrogen (secondary N) is 2. The second-order valence-corrected chi connectivity index (χ2v) is 8.20. The highest BCUT2D eigenvalue weighted by molar-refractivity contribution is 5.95. The van der Waals surface area contributed by atoms with Gasteiger partial charge in [0.1, 0.15) is 0 Å². The predicted molar refractivity (Wildman–Crippen MR) is 123 cm³/mol. The van der Waals surface area contributed by atoms with E-state index in [1.807, 2.05) is 31.2 Å². The van der Waals surface area contributed by atoms with Gasteiger partial charge in [0.05, 0.1) is 0 Å². The van der Waals surface area contributed by atoms with Crippen LogP contribution in [0.3, 0.4) is 0 Å². The number of carbonyl (C=O) groups excluding carboxylic acids is 1. The van der Waals surface area contributed by atoms with Gasteiger partial charge in [-0.15, -0.1) is 0 Å². The van der Waals surface area contributed by atoms with Crippen LogP contribution in [0.5, 0.6) is 0 Å². The lowest BCUT2D eigenvalue weighted by Gasteiger charge is -2.36. The van der Waals surface area contributed by atoms with Crippen LogP contribution in [0.4, 0.5) is 26.3 Å². The third kappa shape index (κ3) is 14.5. The molecule has 1 heterocycles. The third-order valence-corrected chi connectivity index (χ3v) is 5.46. The Hall–Kier alpha value is -2.87. The van der Waals surface area contributed by atoms with Crippen LogP contribution in [-0.4, -0.2) is 83.6 Å². The number of alkyl halides is 6. The van der Waals surface area contributed by atoms with E-state index >= 15 is 0 Å². The van der Waals surface area contributed by atoms with E-state index in [2.05, 4.69) is 29.4 Å². The van der Waals surface area contributed by atoms with E-state index in [-0.39, 0.29) is 5.91 Å². The molecule has 14 heteroatoms. The van der Waals surface area contributed by atoms with Crippen molar-refractivity contribution >= 4 is 17.8 Å². The molecule has 1 aliphatic rings. The van der Waals surface area contributed by atoms with Gasteiger partial charge in [-0.05, 0) is 57.8 Å². The smallest absolute Gasteiger partial charge is 0.475 e. The maximum absolute atomic E-state index is 12.1. The number of piperidine rings is 1. The highest BCUT2D eigenvalue weighted by Crippen LogP contribution is 2.15. The first-order chi connectivity index (χ1) is 17.0. The van der Waals surface area contributed by atoms with Crippen LogP contribution in [-0.2, 0) is 9.59 Å². The molecule has 37 heavy (non-hydrogen) atoms. The van der Waals surface area contributed by atoms with Gasteiger partial charge in [-0.2, -0.15) is 26.3 Å². The second kappa shape index (κ2) is 16.1. The van der Waals surface area contributed by atoms with E-state index in [1.165, 1.54) is 32.4 Å². The molecule has 0 aromatic heterocycles. The Morgan fingerprint density at radius 3 is 1.84 bits per heavy atom. The molecule has 8 nitrogen and oxygen atoms in total. The lowest BCUT2D eigenvalue weighted by molar-refractivity contribution is -0.193. The monoisotopic (exact) mass is 545 g/mol. The zero-order valence-corrected chi connectivity index (χ0v) is 20.7. The van der Waals surface area contributed by atoms with Crippen LogP contribution >= 0.6 is 0 Å². The van der Waals surface area contributed by atoms with E-state index in [4.69, 9.17) is 19.8 Å². The number of hydrogen-bond donors (Lipinski definition) is 4. The summed E-state index contributed by atoms with van der Waals surface area (Å²) in [6.45, 7) is 10.4. The molecule has 1 fully saturated rings. The van der Waals surface area contributed by atoms with Crippen molar-refractivity contribution in [1.82, 2.24) is 15.5 Å². The summed E-state index contributed by atoms with van der Waals surface area (Å²) in [6.07, 6.45) is -6.53. The average Bonchev–Trinajstić information content (AvgIpc) is 2.81. The summed E-state index contributed by atoms with van der Waals surface area (Å²) in [5.41, 5.74) is 1.80. The number of rotatable bonds is 7. The van der Waals surface area contributed by atoms with Crippen LogP contribution in [0, 0.1) is 6.92 Å². The van der Waals surface area contributed by atoms with Crippen molar-refractivity contribution in [3.05, 3.63) is 35.4 Å². The molecule has 0 spiro atoms. The van der Waals surface area contributed by atoms with Crippen molar-refractivity contribution in [2.75, 3.05) is 26.2 Å². The van der Waals surface area contributed by atoms with Crippen LogP contribution < -0.4 is 10.6 Å². The Bertz CT molecular complexity index is 832. The predicted octanol–water partition coefficient (Wildman–Crippen LogP) is 3.84. The van der Waals surface area contributed by atoms with Gasteiger partial charge in [0.2, 0.25) is 0 Å². The maximum atomic E-state index is 12.1. The number of amides is 1. The Balaban J connectivity index is 0.000000761. The normalized spacial score (nSPS) is 15.4. The molecule has 1 amide bonds. The largest absolute Gasteiger partial charge is 0.490 e. The zero-order chi connectivity index (χ0) is 28.8. The Kier molecular flexibility index (Phi) is 14.8. The number of aryl methyl sites for hydroxylation is 1. The molecule has 1 aromatic rings. The number of carbonyl (C=O) groups is 3. The summed E-state index contributed by atoms with van der Waals surface area (Å²) in [4.78, 5) is 32.5. The molecule has 1 saturated heterocycles. The van der Waals surface area contributed by atoms with Crippen LogP contribution in [0.25, 0.3) is 0 Å². The lowest BCUT2D eigenvalue weighted by atomic mass is 10.0. The van der Waals surface area contributed by atoms with E-state index in [0.717, 1.165) is 17.7 Å². The Morgan fingerprint density at radius 2 is 1.43 bits per heavy atom.